The van der Waals surface area contributed by atoms with Gasteiger partial charge < -0.3 is 9.84 Å². The van der Waals surface area contributed by atoms with Gasteiger partial charge in [-0.3, -0.25) is 9.52 Å². The van der Waals surface area contributed by atoms with Crippen molar-refractivity contribution in [2.75, 3.05) is 10.0 Å². The van der Waals surface area contributed by atoms with Crippen molar-refractivity contribution in [2.24, 2.45) is 0 Å². The molecule has 9 nitrogen and oxygen atoms in total. The Bertz CT molecular complexity index is 1360. The molecule has 0 radical (unpaired) electrons. The fraction of sp³-hybridized carbons (Fsp3) is 0.304. The van der Waals surface area contributed by atoms with E-state index in [2.05, 4.69) is 26.2 Å². The van der Waals surface area contributed by atoms with E-state index in [1.54, 1.807) is 6.92 Å². The number of carbonyl (C=O) groups is 1. The molecule has 0 saturated carbocycles. The van der Waals surface area contributed by atoms with E-state index in [0.717, 1.165) is 16.8 Å². The average molecular weight is 500 g/mol. The smallest absolute Gasteiger partial charge is 0.263 e. The zero-order valence-corrected chi connectivity index (χ0v) is 21.1. The highest BCUT2D eigenvalue weighted by Crippen LogP contribution is 2.31. The largest absolute Gasteiger partial charge is 0.360 e. The molecule has 1 aromatic carbocycles. The van der Waals surface area contributed by atoms with Gasteiger partial charge in [0.2, 0.25) is 5.91 Å². The summed E-state index contributed by atoms with van der Waals surface area (Å²) in [6.45, 7) is 9.21. The van der Waals surface area contributed by atoms with E-state index in [4.69, 9.17) is 4.52 Å². The fourth-order valence-corrected chi connectivity index (χ4v) is 5.23. The van der Waals surface area contributed by atoms with Crippen molar-refractivity contribution in [2.45, 2.75) is 56.2 Å². The second-order valence-corrected chi connectivity index (χ2v) is 10.6. The summed E-state index contributed by atoms with van der Waals surface area (Å²) in [4.78, 5) is 17.5. The Balaban J connectivity index is 1.73. The third-order valence-electron chi connectivity index (χ3n) is 5.29. The van der Waals surface area contributed by atoms with Crippen LogP contribution in [0.2, 0.25) is 0 Å². The third-order valence-corrected chi connectivity index (χ3v) is 8.01. The minimum Gasteiger partial charge on any atom is -0.360 e. The van der Waals surface area contributed by atoms with Gasteiger partial charge in [-0.25, -0.2) is 13.4 Å². The molecular weight excluding hydrogens is 474 g/mol. The monoisotopic (exact) mass is 499 g/mol. The van der Waals surface area contributed by atoms with Crippen LogP contribution in [0.3, 0.4) is 0 Å². The molecule has 0 aliphatic carbocycles. The number of hydrogen-bond donors (Lipinski definition) is 2. The average Bonchev–Trinajstić information content (AvgIpc) is 3.20. The van der Waals surface area contributed by atoms with E-state index in [0.29, 0.717) is 28.5 Å². The van der Waals surface area contributed by atoms with Crippen LogP contribution < -0.4 is 10.0 Å². The van der Waals surface area contributed by atoms with Gasteiger partial charge >= 0.3 is 0 Å². The van der Waals surface area contributed by atoms with Crippen LogP contribution in [0.4, 0.5) is 11.5 Å². The van der Waals surface area contributed by atoms with Crippen molar-refractivity contribution >= 4 is 39.2 Å². The molecule has 2 N–H and O–H groups in total. The number of anilines is 2. The van der Waals surface area contributed by atoms with Crippen LogP contribution in [0.15, 0.2) is 44.8 Å². The maximum absolute atomic E-state index is 12.9. The summed E-state index contributed by atoms with van der Waals surface area (Å²) in [5, 5.41) is 16.1. The first kappa shape index (κ1) is 25.3. The predicted octanol–water partition coefficient (Wildman–Crippen LogP) is 4.49. The molecule has 34 heavy (non-hydrogen) atoms. The Hall–Kier alpha value is -3.36. The van der Waals surface area contributed by atoms with Crippen LogP contribution >= 0.6 is 11.8 Å². The number of sulfonamides is 1. The SMILES string of the molecule is CCC(Sc1nc(C)c(C)c(C)c1C#N)C(=O)Nc1ccc(S(=O)(=O)Nc2cc(C)on2)cc1. The number of carbonyl (C=O) groups excluding carboxylic acids is 1. The number of rotatable bonds is 8. The second-order valence-electron chi connectivity index (χ2n) is 7.70. The van der Waals surface area contributed by atoms with Gasteiger partial charge in [0.05, 0.1) is 15.7 Å². The van der Waals surface area contributed by atoms with Gasteiger partial charge in [0.15, 0.2) is 5.82 Å². The second kappa shape index (κ2) is 10.3. The Labute approximate surface area is 203 Å². The molecule has 0 bridgehead atoms. The summed E-state index contributed by atoms with van der Waals surface area (Å²) in [5.74, 6) is 0.303. The van der Waals surface area contributed by atoms with Gasteiger partial charge in [-0.15, -0.1) is 0 Å². The molecule has 3 rings (SSSR count). The molecule has 0 aliphatic rings. The first-order valence-corrected chi connectivity index (χ1v) is 12.8. The van der Waals surface area contributed by atoms with E-state index in [9.17, 15) is 18.5 Å². The van der Waals surface area contributed by atoms with Gasteiger partial charge in [0.1, 0.15) is 16.9 Å². The lowest BCUT2D eigenvalue weighted by molar-refractivity contribution is -0.115. The normalized spacial score (nSPS) is 12.1. The van der Waals surface area contributed by atoms with Crippen molar-refractivity contribution in [3.05, 3.63) is 58.5 Å². The zero-order valence-electron chi connectivity index (χ0n) is 19.5. The van der Waals surface area contributed by atoms with E-state index in [1.165, 1.54) is 42.1 Å². The third kappa shape index (κ3) is 5.58. The van der Waals surface area contributed by atoms with Crippen molar-refractivity contribution in [3.8, 4) is 6.07 Å². The van der Waals surface area contributed by atoms with Gasteiger partial charge in [-0.2, -0.15) is 5.26 Å². The molecule has 178 valence electrons. The maximum atomic E-state index is 12.9. The summed E-state index contributed by atoms with van der Waals surface area (Å²) >= 11 is 1.25. The summed E-state index contributed by atoms with van der Waals surface area (Å²) < 4.78 is 32.3. The standard InChI is InChI=1S/C23H25N5O4S2/c1-6-20(33-23-19(12-24)15(4)14(3)16(5)25-23)22(29)26-17-7-9-18(10-8-17)34(30,31)28-21-11-13(2)32-27-21/h7-11,20H,6H2,1-5H3,(H,26,29)(H,27,28). The van der Waals surface area contributed by atoms with Crippen LogP contribution in [-0.2, 0) is 14.8 Å². The minimum absolute atomic E-state index is 0.0148. The number of aromatic nitrogens is 2. The number of thioether (sulfide) groups is 1. The molecule has 1 amide bonds. The highest BCUT2D eigenvalue weighted by atomic mass is 32.2. The molecule has 2 heterocycles. The number of pyridine rings is 1. The molecular formula is C23H25N5O4S2. The molecule has 11 heteroatoms. The lowest BCUT2D eigenvalue weighted by Gasteiger charge is -2.17. The highest BCUT2D eigenvalue weighted by Gasteiger charge is 2.23. The molecule has 0 fully saturated rings. The Morgan fingerprint density at radius 2 is 1.85 bits per heavy atom. The molecule has 2 aromatic heterocycles. The van der Waals surface area contributed by atoms with E-state index < -0.39 is 15.3 Å². The number of aryl methyl sites for hydroxylation is 2. The van der Waals surface area contributed by atoms with Crippen molar-refractivity contribution in [1.29, 1.82) is 5.26 Å². The topological polar surface area (TPSA) is 138 Å². The summed E-state index contributed by atoms with van der Waals surface area (Å²) in [6.07, 6.45) is 0.516. The van der Waals surface area contributed by atoms with Gasteiger partial charge in [0, 0.05) is 17.4 Å². The van der Waals surface area contributed by atoms with Crippen LogP contribution in [0.5, 0.6) is 0 Å². The fourth-order valence-electron chi connectivity index (χ4n) is 3.14. The molecule has 1 unspecified atom stereocenters. The number of hydrogen-bond acceptors (Lipinski definition) is 8. The summed E-state index contributed by atoms with van der Waals surface area (Å²) in [6, 6.07) is 9.47. The van der Waals surface area contributed by atoms with Crippen molar-refractivity contribution < 1.29 is 17.7 Å². The Kier molecular flexibility index (Phi) is 7.64. The Morgan fingerprint density at radius 3 is 2.41 bits per heavy atom. The van der Waals surface area contributed by atoms with Crippen LogP contribution in [0, 0.1) is 39.0 Å². The lowest BCUT2D eigenvalue weighted by Crippen LogP contribution is -2.25. The molecule has 1 atom stereocenters. The van der Waals surface area contributed by atoms with Gasteiger partial charge in [-0.05, 0) is 69.5 Å². The number of nitriles is 1. The van der Waals surface area contributed by atoms with E-state index >= 15 is 0 Å². The van der Waals surface area contributed by atoms with Crippen molar-refractivity contribution in [1.82, 2.24) is 10.1 Å². The first-order chi connectivity index (χ1) is 16.1. The summed E-state index contributed by atoms with van der Waals surface area (Å²) in [7, 11) is -3.85. The maximum Gasteiger partial charge on any atom is 0.263 e. The quantitative estimate of drug-likeness (QED) is 0.433. The molecule has 0 spiro atoms. The van der Waals surface area contributed by atoms with Crippen LogP contribution in [0.25, 0.3) is 0 Å². The van der Waals surface area contributed by atoms with E-state index in [1.807, 2.05) is 27.7 Å². The molecule has 0 saturated heterocycles. The van der Waals surface area contributed by atoms with Gasteiger partial charge in [0.25, 0.3) is 10.0 Å². The van der Waals surface area contributed by atoms with Crippen LogP contribution in [0.1, 0.15) is 41.5 Å². The summed E-state index contributed by atoms with van der Waals surface area (Å²) in [5.41, 5.74) is 3.56. The number of nitrogens with one attached hydrogen (secondary N) is 2. The molecule has 3 aromatic rings. The van der Waals surface area contributed by atoms with E-state index in [-0.39, 0.29) is 16.6 Å². The number of nitrogens with zero attached hydrogens (tertiary/aromatic N) is 3. The zero-order chi connectivity index (χ0) is 25.0. The molecule has 0 aliphatic heterocycles. The predicted molar refractivity (Wildman–Crippen MR) is 130 cm³/mol. The minimum atomic E-state index is -3.85. The first-order valence-electron chi connectivity index (χ1n) is 10.5. The van der Waals surface area contributed by atoms with Crippen molar-refractivity contribution in [3.63, 3.8) is 0 Å². The number of benzene rings is 1. The Morgan fingerprint density at radius 1 is 1.18 bits per heavy atom. The lowest BCUT2D eigenvalue weighted by atomic mass is 10.1. The van der Waals surface area contributed by atoms with Crippen LogP contribution in [-0.4, -0.2) is 29.7 Å². The number of amides is 1. The van der Waals surface area contributed by atoms with Gasteiger partial charge in [-0.1, -0.05) is 23.8 Å². The highest BCUT2D eigenvalue weighted by molar-refractivity contribution is 8.00.